The molecule has 5 aromatic carbocycles. The number of hydrogen-bond donors (Lipinski definition) is 0. The molecule has 8 aromatic rings. The fraction of sp³-hybridized carbons (Fsp3) is 0.120. The Bertz CT molecular complexity index is 2700. The van der Waals surface area contributed by atoms with Crippen molar-refractivity contribution >= 4 is 77.9 Å². The highest BCUT2D eigenvalue weighted by Crippen LogP contribution is 2.45. The predicted octanol–water partition coefficient (Wildman–Crippen LogP) is 14.9. The van der Waals surface area contributed by atoms with Crippen molar-refractivity contribution in [2.45, 2.75) is 41.0 Å². The Morgan fingerprint density at radius 2 is 1.28 bits per heavy atom. The zero-order valence-corrected chi connectivity index (χ0v) is 32.1. The van der Waals surface area contributed by atoms with Crippen LogP contribution in [0.5, 0.6) is 0 Å². The van der Waals surface area contributed by atoms with Gasteiger partial charge >= 0.3 is 0 Å². The molecule has 3 heteroatoms. The molecule has 0 radical (unpaired) electrons. The molecular formula is C50H46N2S. The normalized spacial score (nSPS) is 12.5. The molecule has 0 bridgehead atoms. The van der Waals surface area contributed by atoms with E-state index in [1.54, 1.807) is 0 Å². The largest absolute Gasteiger partial charge is 0.309 e. The maximum Gasteiger partial charge on any atom is 0.109 e. The van der Waals surface area contributed by atoms with Gasteiger partial charge in [0, 0.05) is 43.9 Å². The molecule has 2 nitrogen and oxygen atoms in total. The standard InChI is InChI=1S/C46H34N2S.2C2H6/c1-3-5-7-14-31-22-25-34(26-23-31)47-41-19-11-8-16-35(41)39-28-32(24-27-43(39)47)33-29-40-36-17-9-12-20-42(36)48(44(40)30-33)46-38(15-6-4-2)37-18-10-13-21-45(37)49-46;2*1-2/h3-28,30H,2,29H2,1H3;2*1-2H3/b5-3-,14-7-,15-6-;;. The zero-order chi connectivity index (χ0) is 36.9. The highest BCUT2D eigenvalue weighted by molar-refractivity contribution is 7.21. The van der Waals surface area contributed by atoms with Crippen LogP contribution in [0.2, 0.25) is 0 Å². The maximum atomic E-state index is 3.95. The summed E-state index contributed by atoms with van der Waals surface area (Å²) in [6.45, 7) is 14.0. The van der Waals surface area contributed by atoms with Gasteiger partial charge in [-0.15, -0.1) is 11.3 Å². The van der Waals surface area contributed by atoms with Crippen LogP contribution in [0, 0.1) is 0 Å². The van der Waals surface area contributed by atoms with E-state index in [0.717, 1.165) is 6.42 Å². The van der Waals surface area contributed by atoms with Crippen LogP contribution in [0.4, 0.5) is 0 Å². The van der Waals surface area contributed by atoms with E-state index in [0.29, 0.717) is 0 Å². The smallest absolute Gasteiger partial charge is 0.109 e. The van der Waals surface area contributed by atoms with Crippen molar-refractivity contribution < 1.29 is 0 Å². The van der Waals surface area contributed by atoms with Crippen molar-refractivity contribution in [2.24, 2.45) is 0 Å². The van der Waals surface area contributed by atoms with E-state index in [1.165, 1.54) is 87.0 Å². The number of nitrogens with zero attached hydrogens (tertiary/aromatic N) is 2. The van der Waals surface area contributed by atoms with Gasteiger partial charge in [-0.25, -0.2) is 0 Å². The average Bonchev–Trinajstić information content (AvgIpc) is 3.97. The molecule has 0 amide bonds. The van der Waals surface area contributed by atoms with E-state index in [-0.39, 0.29) is 0 Å². The predicted molar refractivity (Wildman–Crippen MR) is 237 cm³/mol. The highest BCUT2D eigenvalue weighted by atomic mass is 32.1. The van der Waals surface area contributed by atoms with Gasteiger partial charge < -0.3 is 9.13 Å². The minimum absolute atomic E-state index is 0.901. The summed E-state index contributed by atoms with van der Waals surface area (Å²) in [5, 5.41) is 6.39. The van der Waals surface area contributed by atoms with Crippen LogP contribution in [0.15, 0.2) is 152 Å². The van der Waals surface area contributed by atoms with Gasteiger partial charge in [-0.2, -0.15) is 0 Å². The van der Waals surface area contributed by atoms with Crippen LogP contribution in [0.25, 0.3) is 77.3 Å². The molecule has 0 atom stereocenters. The number of fused-ring (bicyclic) bond motifs is 7. The van der Waals surface area contributed by atoms with E-state index in [4.69, 9.17) is 0 Å². The molecule has 0 saturated carbocycles. The number of aromatic nitrogens is 2. The molecule has 0 fully saturated rings. The zero-order valence-electron chi connectivity index (χ0n) is 31.3. The van der Waals surface area contributed by atoms with E-state index < -0.39 is 0 Å². The summed E-state index contributed by atoms with van der Waals surface area (Å²) in [6, 6.07) is 42.2. The number of rotatable bonds is 7. The molecule has 9 rings (SSSR count). The second-order valence-corrected chi connectivity index (χ2v) is 13.6. The minimum atomic E-state index is 0.901. The highest BCUT2D eigenvalue weighted by Gasteiger charge is 2.26. The summed E-state index contributed by atoms with van der Waals surface area (Å²) in [5.74, 6) is 0. The van der Waals surface area contributed by atoms with Crippen molar-refractivity contribution in [2.75, 3.05) is 0 Å². The molecule has 0 aliphatic heterocycles. The van der Waals surface area contributed by atoms with Gasteiger partial charge in [0.2, 0.25) is 0 Å². The van der Waals surface area contributed by atoms with Crippen LogP contribution in [-0.2, 0) is 6.42 Å². The number of hydrogen-bond acceptors (Lipinski definition) is 1. The Morgan fingerprint density at radius 3 is 2.02 bits per heavy atom. The monoisotopic (exact) mass is 706 g/mol. The Hall–Kier alpha value is -5.90. The number of allylic oxidation sites excluding steroid dienone is 6. The topological polar surface area (TPSA) is 9.86 Å². The fourth-order valence-corrected chi connectivity index (χ4v) is 8.70. The van der Waals surface area contributed by atoms with Gasteiger partial charge in [-0.3, -0.25) is 0 Å². The molecule has 0 unspecified atom stereocenters. The molecule has 1 aliphatic rings. The first-order chi connectivity index (χ1) is 26.2. The van der Waals surface area contributed by atoms with Gasteiger partial charge in [0.05, 0.1) is 22.2 Å². The van der Waals surface area contributed by atoms with E-state index in [9.17, 15) is 0 Å². The van der Waals surface area contributed by atoms with Gasteiger partial charge in [0.1, 0.15) is 5.00 Å². The minimum Gasteiger partial charge on any atom is -0.309 e. The van der Waals surface area contributed by atoms with E-state index >= 15 is 0 Å². The number of para-hydroxylation sites is 2. The summed E-state index contributed by atoms with van der Waals surface area (Å²) in [5.41, 5.74) is 12.6. The fourth-order valence-electron chi connectivity index (χ4n) is 7.48. The lowest BCUT2D eigenvalue weighted by Crippen LogP contribution is -1.95. The SMILES string of the molecule is C=C/C=C\c1c(-n2c3c(c4ccccc42)CC(c2ccc4c(c2)c2ccccc2n4-c2ccc(/C=C\C=C/C)cc2)=C3)sc2ccccc12.CC.CC. The van der Waals surface area contributed by atoms with Gasteiger partial charge in [0.15, 0.2) is 0 Å². The van der Waals surface area contributed by atoms with Crippen molar-refractivity contribution in [3.05, 3.63) is 180 Å². The summed E-state index contributed by atoms with van der Waals surface area (Å²) < 4.78 is 6.18. The van der Waals surface area contributed by atoms with E-state index in [1.807, 2.05) is 64.2 Å². The summed E-state index contributed by atoms with van der Waals surface area (Å²) >= 11 is 1.86. The number of thiophene rings is 1. The van der Waals surface area contributed by atoms with Crippen LogP contribution in [0.1, 0.15) is 62.6 Å². The molecule has 1 aliphatic carbocycles. The third kappa shape index (κ3) is 6.32. The maximum absolute atomic E-state index is 3.95. The van der Waals surface area contributed by atoms with Crippen LogP contribution < -0.4 is 0 Å². The van der Waals surface area contributed by atoms with E-state index in [2.05, 4.69) is 161 Å². The second kappa shape index (κ2) is 15.8. The molecule has 0 spiro atoms. The van der Waals surface area contributed by atoms with Gasteiger partial charge in [-0.1, -0.05) is 150 Å². The van der Waals surface area contributed by atoms with Crippen molar-refractivity contribution in [3.8, 4) is 10.7 Å². The summed E-state index contributed by atoms with van der Waals surface area (Å²) in [4.78, 5) is 0. The lowest BCUT2D eigenvalue weighted by atomic mass is 10.00. The van der Waals surface area contributed by atoms with Gasteiger partial charge in [-0.05, 0) is 77.7 Å². The molecule has 3 heterocycles. The Labute approximate surface area is 317 Å². The lowest BCUT2D eigenvalue weighted by Gasteiger charge is -2.10. The molecule has 0 saturated heterocycles. The van der Waals surface area contributed by atoms with Crippen molar-refractivity contribution in [3.63, 3.8) is 0 Å². The molecule has 0 N–H and O–H groups in total. The van der Waals surface area contributed by atoms with Crippen molar-refractivity contribution in [1.82, 2.24) is 9.13 Å². The lowest BCUT2D eigenvalue weighted by molar-refractivity contribution is 1.13. The summed E-state index contributed by atoms with van der Waals surface area (Å²) in [7, 11) is 0. The second-order valence-electron chi connectivity index (χ2n) is 12.5. The van der Waals surface area contributed by atoms with Crippen LogP contribution in [-0.4, -0.2) is 9.13 Å². The Morgan fingerprint density at radius 1 is 0.623 bits per heavy atom. The molecular weight excluding hydrogens is 661 g/mol. The third-order valence-corrected chi connectivity index (χ3v) is 10.9. The average molecular weight is 707 g/mol. The molecule has 3 aromatic heterocycles. The molecule has 53 heavy (non-hydrogen) atoms. The van der Waals surface area contributed by atoms with Crippen molar-refractivity contribution in [1.29, 1.82) is 0 Å². The molecule has 262 valence electrons. The van der Waals surface area contributed by atoms with Crippen LogP contribution >= 0.6 is 11.3 Å². The summed E-state index contributed by atoms with van der Waals surface area (Å²) in [6.07, 6.45) is 17.8. The quantitative estimate of drug-likeness (QED) is 0.146. The van der Waals surface area contributed by atoms with Gasteiger partial charge in [0.25, 0.3) is 0 Å². The van der Waals surface area contributed by atoms with Crippen LogP contribution in [0.3, 0.4) is 0 Å². The third-order valence-electron chi connectivity index (χ3n) is 9.70. The Balaban J connectivity index is 0.00000105. The number of benzene rings is 5. The first kappa shape index (κ1) is 35.5. The Kier molecular flexibility index (Phi) is 10.6. The first-order valence-electron chi connectivity index (χ1n) is 18.8. The first-order valence-corrected chi connectivity index (χ1v) is 19.6.